The summed E-state index contributed by atoms with van der Waals surface area (Å²) in [5.74, 6) is -18.6. The quantitative estimate of drug-likeness (QED) is 0.0492. The second kappa shape index (κ2) is 23.4. The average Bonchev–Trinajstić information content (AvgIpc) is 3.10. The van der Waals surface area contributed by atoms with Gasteiger partial charge in [0.05, 0.1) is 16.3 Å². The number of carbonyl (C=O) groups is 1. The van der Waals surface area contributed by atoms with E-state index in [-0.39, 0.29) is 70.9 Å². The van der Waals surface area contributed by atoms with E-state index in [0.29, 0.717) is 12.1 Å². The molecule has 312 valence electrons. The Morgan fingerprint density at radius 3 is 1.67 bits per heavy atom. The summed E-state index contributed by atoms with van der Waals surface area (Å²) >= 11 is 0. The molecule has 0 aliphatic rings. The molecule has 3 aromatic carbocycles. The molecule has 0 atom stereocenters. The topological polar surface area (TPSA) is 188 Å². The van der Waals surface area contributed by atoms with Crippen molar-refractivity contribution in [3.05, 3.63) is 48.0 Å². The summed E-state index contributed by atoms with van der Waals surface area (Å²) in [4.78, 5) is 9.33. The second-order valence-corrected chi connectivity index (χ2v) is 16.1. The molecule has 0 aromatic heterocycles. The van der Waals surface area contributed by atoms with Crippen LogP contribution in [0.1, 0.15) is 102 Å². The first-order chi connectivity index (χ1) is 26.0. The maximum atomic E-state index is 14.2. The third-order valence-electron chi connectivity index (χ3n) is 8.98. The summed E-state index contributed by atoms with van der Waals surface area (Å²) in [7, 11) is -11.1. The molecule has 2 N–H and O–H groups in total. The number of unbranched alkanes of at least 4 members (excludes halogenated alkanes) is 13. The van der Waals surface area contributed by atoms with Gasteiger partial charge in [-0.25, -0.2) is 8.42 Å². The molecule has 0 saturated carbocycles. The summed E-state index contributed by atoms with van der Waals surface area (Å²) in [5.41, 5.74) is -1.82. The van der Waals surface area contributed by atoms with Gasteiger partial charge in [-0.3, -0.25) is 9.35 Å². The van der Waals surface area contributed by atoms with Crippen LogP contribution in [-0.2, 0) is 31.5 Å². The summed E-state index contributed by atoms with van der Waals surface area (Å²) in [6.07, 6.45) is 10.6. The molecule has 1 amide bonds. The monoisotopic (exact) mass is 887 g/mol. The molecule has 0 fully saturated rings. The molecule has 0 spiro atoms. The Kier molecular flexibility index (Phi) is 21.8. The van der Waals surface area contributed by atoms with Crippen LogP contribution < -0.4 is 69.5 Å². The Bertz CT molecular complexity index is 2070. The van der Waals surface area contributed by atoms with E-state index in [9.17, 15) is 66.6 Å². The van der Waals surface area contributed by atoms with Gasteiger partial charge in [-0.15, -0.1) is 5.11 Å². The van der Waals surface area contributed by atoms with Crippen molar-refractivity contribution in [2.45, 2.75) is 131 Å². The fourth-order valence-electron chi connectivity index (χ4n) is 5.86. The Morgan fingerprint density at radius 1 is 0.741 bits per heavy atom. The minimum atomic E-state index is -6.97. The Labute approximate surface area is 377 Å². The van der Waals surface area contributed by atoms with Crippen molar-refractivity contribution in [2.75, 3.05) is 5.32 Å². The van der Waals surface area contributed by atoms with Gasteiger partial charge < -0.3 is 15.0 Å². The van der Waals surface area contributed by atoms with Gasteiger partial charge in [0.25, 0.3) is 10.1 Å². The van der Waals surface area contributed by atoms with E-state index < -0.39 is 81.9 Å². The third kappa shape index (κ3) is 14.9. The first-order valence-electron chi connectivity index (χ1n) is 17.9. The number of anilines is 1. The van der Waals surface area contributed by atoms with Crippen LogP contribution >= 0.6 is 0 Å². The first kappa shape index (κ1) is 54.1. The molecule has 0 heterocycles. The van der Waals surface area contributed by atoms with E-state index in [1.54, 1.807) is 12.1 Å². The van der Waals surface area contributed by atoms with Crippen LogP contribution in [0.25, 0.3) is 10.8 Å². The van der Waals surface area contributed by atoms with E-state index in [4.69, 9.17) is 0 Å². The smallest absolute Gasteiger partial charge is 0.870 e. The van der Waals surface area contributed by atoms with E-state index in [1.165, 1.54) is 76.3 Å². The number of hydrogen-bond donors (Lipinski definition) is 2. The van der Waals surface area contributed by atoms with Crippen LogP contribution in [0.3, 0.4) is 0 Å². The van der Waals surface area contributed by atoms with Gasteiger partial charge in [0, 0.05) is 5.69 Å². The van der Waals surface area contributed by atoms with Crippen molar-refractivity contribution in [3.8, 4) is 5.75 Å². The van der Waals surface area contributed by atoms with Crippen LogP contribution in [0.2, 0.25) is 0 Å². The predicted octanol–water partition coefficient (Wildman–Crippen LogP) is 4.28. The molecule has 0 unspecified atom stereocenters. The van der Waals surface area contributed by atoms with Crippen molar-refractivity contribution in [1.82, 2.24) is 0 Å². The number of aryl methyl sites for hydroxylation is 1. The van der Waals surface area contributed by atoms with Crippen LogP contribution in [0.5, 0.6) is 5.75 Å². The summed E-state index contributed by atoms with van der Waals surface area (Å²) in [6, 6.07) is 6.89. The van der Waals surface area contributed by atoms with Gasteiger partial charge in [0.1, 0.15) is 15.0 Å². The molecule has 3 aromatic rings. The molecule has 58 heavy (non-hydrogen) atoms. The third-order valence-corrected chi connectivity index (χ3v) is 10.7. The molecular formula is C36H42F7N3Na2O8S2. The number of alkyl halides is 7. The number of halogens is 7. The molecule has 11 nitrogen and oxygen atoms in total. The Morgan fingerprint density at radius 2 is 1.22 bits per heavy atom. The summed E-state index contributed by atoms with van der Waals surface area (Å²) in [6.45, 7) is 2.20. The standard InChI is InChI=1S/C36H44F7N3O8S2.2Na/c1-2-3-4-5-6-7-8-9-10-11-12-13-14-15-16-24-17-19-26(20-18-24)45-46-31-29(56(52,53)54)22-25-21-27(55(49,50)51)23-28(30(25)32(31)47)44-33(48)34(37,38)35(39,40)36(41,42)43;;/h17-23,47H,2-16H2,1H3,(H,44,48)(H,49,50,51)(H,52,53,54);;/q;2*+1/p-2. The van der Waals surface area contributed by atoms with Crippen molar-refractivity contribution < 1.29 is 126 Å². The summed E-state index contributed by atoms with van der Waals surface area (Å²) < 4.78 is 163. The van der Waals surface area contributed by atoms with Crippen LogP contribution in [0, 0.1) is 0 Å². The minimum Gasteiger partial charge on any atom is -0.870 e. The number of nitrogens with one attached hydrogen (secondary N) is 1. The number of rotatable bonds is 22. The van der Waals surface area contributed by atoms with Gasteiger partial charge in [0.2, 0.25) is 0 Å². The summed E-state index contributed by atoms with van der Waals surface area (Å²) in [5, 5.41) is 19.6. The second-order valence-electron chi connectivity index (χ2n) is 13.4. The van der Waals surface area contributed by atoms with Crippen LogP contribution in [-0.4, -0.2) is 49.9 Å². The van der Waals surface area contributed by atoms with E-state index in [1.807, 2.05) is 0 Å². The first-order valence-corrected chi connectivity index (χ1v) is 20.8. The maximum Gasteiger partial charge on any atom is 1.00 e. The largest absolute Gasteiger partial charge is 1.00 e. The predicted molar refractivity (Wildman–Crippen MR) is 190 cm³/mol. The van der Waals surface area contributed by atoms with E-state index >= 15 is 0 Å². The molecule has 0 radical (unpaired) electrons. The Balaban J connectivity index is 0.00000841. The van der Waals surface area contributed by atoms with Crippen molar-refractivity contribution >= 4 is 54.0 Å². The van der Waals surface area contributed by atoms with Crippen LogP contribution in [0.15, 0.2) is 62.5 Å². The number of nitrogens with zero attached hydrogens (tertiary/aromatic N) is 2. The number of benzene rings is 3. The molecule has 0 aliphatic heterocycles. The van der Waals surface area contributed by atoms with Gasteiger partial charge in [-0.1, -0.05) is 108 Å². The van der Waals surface area contributed by atoms with Gasteiger partial charge in [0.15, 0.2) is 0 Å². The zero-order chi connectivity index (χ0) is 42.0. The maximum absolute atomic E-state index is 14.2. The van der Waals surface area contributed by atoms with Crippen molar-refractivity contribution in [2.24, 2.45) is 10.2 Å². The Hall–Kier alpha value is -1.88. The molecular weight excluding hydrogens is 846 g/mol. The van der Waals surface area contributed by atoms with Gasteiger partial charge in [-0.05, 0) is 59.5 Å². The molecule has 3 rings (SSSR count). The zero-order valence-corrected chi connectivity index (χ0v) is 37.9. The zero-order valence-electron chi connectivity index (χ0n) is 32.3. The van der Waals surface area contributed by atoms with Gasteiger partial charge in [-0.2, -0.15) is 44.3 Å². The molecule has 0 bridgehead atoms. The number of hydrogen-bond acceptors (Lipinski definition) is 9. The number of carbonyl (C=O) groups excluding carboxylic acids is 1. The fourth-order valence-corrected chi connectivity index (χ4v) is 7.05. The number of azo groups is 1. The van der Waals surface area contributed by atoms with Gasteiger partial charge >= 0.3 is 83.0 Å². The fraction of sp³-hybridized carbons (Fsp3) is 0.528. The van der Waals surface area contributed by atoms with Crippen molar-refractivity contribution in [1.29, 1.82) is 0 Å². The number of fused-ring (bicyclic) bond motifs is 1. The molecule has 0 saturated heterocycles. The molecule has 0 aliphatic carbocycles. The van der Waals surface area contributed by atoms with Crippen molar-refractivity contribution in [3.63, 3.8) is 0 Å². The van der Waals surface area contributed by atoms with Crippen LogP contribution in [0.4, 0.5) is 47.8 Å². The van der Waals surface area contributed by atoms with E-state index in [2.05, 4.69) is 17.2 Å². The normalized spacial score (nSPS) is 12.7. The number of amides is 1. The SMILES string of the molecule is CCCCCCCCCCCCCCCCc1ccc(N=Nc2c(S(=O)(=O)O)cc3cc(S(=O)(=O)[O-])cc(NC(=O)C(F)(F)C(F)(F)C(F)(F)F)c3c2[O-])cc1.[Na+].[Na+]. The average molecular weight is 888 g/mol. The minimum absolute atomic E-state index is 0. The molecule has 22 heteroatoms. The van der Waals surface area contributed by atoms with E-state index in [0.717, 1.165) is 43.0 Å².